The number of nitrogens with one attached hydrogen (secondary N) is 3. The van der Waals surface area contributed by atoms with Crippen LogP contribution in [-0.4, -0.2) is 20.2 Å². The number of H-pyrrole nitrogens is 1. The molecule has 1 saturated carbocycles. The highest BCUT2D eigenvalue weighted by Gasteiger charge is 2.24. The third-order valence-electron chi connectivity index (χ3n) is 5.25. The first-order chi connectivity index (χ1) is 14.7. The first kappa shape index (κ1) is 18.1. The molecule has 6 heteroatoms. The van der Waals surface area contributed by atoms with E-state index in [0.29, 0.717) is 11.6 Å². The number of allylic oxidation sites excluding steroid dienone is 1. The smallest absolute Gasteiger partial charge is 0.116 e. The second-order valence-corrected chi connectivity index (χ2v) is 7.56. The van der Waals surface area contributed by atoms with Crippen LogP contribution in [0, 0.1) is 5.92 Å². The van der Waals surface area contributed by atoms with Gasteiger partial charge in [-0.05, 0) is 54.7 Å². The molecule has 0 unspecified atom stereocenters. The number of rotatable bonds is 7. The average molecular weight is 394 g/mol. The second-order valence-electron chi connectivity index (χ2n) is 7.56. The quantitative estimate of drug-likeness (QED) is 0.389. The fourth-order valence-electron chi connectivity index (χ4n) is 3.48. The lowest BCUT2D eigenvalue weighted by Gasteiger charge is -2.10. The molecule has 6 nitrogen and oxygen atoms in total. The van der Waals surface area contributed by atoms with Crippen molar-refractivity contribution in [2.75, 3.05) is 10.6 Å². The normalized spacial score (nSPS) is 13.2. The summed E-state index contributed by atoms with van der Waals surface area (Å²) in [6.45, 7) is 8.30. The molecular weight excluding hydrogens is 372 g/mol. The SMILES string of the molecule is C=C(Nc1cccnc1)c1n[nH]c2ccc(-c3cncc(NC(=C)C4CC4)c3)cc12. The van der Waals surface area contributed by atoms with E-state index < -0.39 is 0 Å². The standard InChI is InChI=1S/C24H22N6/c1-15(17-5-6-17)27-21-10-19(12-26-14-21)18-7-8-23-22(11-18)24(30-29-23)16(2)28-20-4-3-9-25-13-20/h3-4,7-14,17,27-28H,1-2,5-6H2,(H,29,30). The minimum absolute atomic E-state index is 0.594. The Bertz CT molecular complexity index is 1240. The van der Waals surface area contributed by atoms with E-state index in [0.717, 1.165) is 44.8 Å². The number of aromatic amines is 1. The van der Waals surface area contributed by atoms with Crippen molar-refractivity contribution >= 4 is 28.0 Å². The van der Waals surface area contributed by atoms with E-state index in [-0.39, 0.29) is 0 Å². The molecule has 0 saturated heterocycles. The number of hydrogen-bond donors (Lipinski definition) is 3. The number of anilines is 2. The summed E-state index contributed by atoms with van der Waals surface area (Å²) in [5, 5.41) is 15.2. The van der Waals surface area contributed by atoms with Gasteiger partial charge in [-0.1, -0.05) is 19.2 Å². The molecule has 0 aliphatic heterocycles. The number of aromatic nitrogens is 4. The molecule has 1 aliphatic carbocycles. The molecule has 148 valence electrons. The van der Waals surface area contributed by atoms with Crippen LogP contribution < -0.4 is 10.6 Å². The Morgan fingerprint density at radius 2 is 1.80 bits per heavy atom. The summed E-state index contributed by atoms with van der Waals surface area (Å²) in [5.41, 5.74) is 7.43. The maximum absolute atomic E-state index is 4.46. The van der Waals surface area contributed by atoms with Crippen LogP contribution >= 0.6 is 0 Å². The molecule has 3 heterocycles. The molecule has 1 aromatic carbocycles. The number of benzene rings is 1. The van der Waals surface area contributed by atoms with Crippen LogP contribution in [-0.2, 0) is 0 Å². The Morgan fingerprint density at radius 1 is 0.933 bits per heavy atom. The molecule has 0 bridgehead atoms. The van der Waals surface area contributed by atoms with Gasteiger partial charge in [0.2, 0.25) is 0 Å². The molecule has 30 heavy (non-hydrogen) atoms. The van der Waals surface area contributed by atoms with Crippen LogP contribution in [0.25, 0.3) is 27.7 Å². The summed E-state index contributed by atoms with van der Waals surface area (Å²) >= 11 is 0. The summed E-state index contributed by atoms with van der Waals surface area (Å²) in [6.07, 6.45) is 9.63. The highest BCUT2D eigenvalue weighted by molar-refractivity contribution is 5.95. The molecule has 0 spiro atoms. The predicted molar refractivity (Wildman–Crippen MR) is 122 cm³/mol. The van der Waals surface area contributed by atoms with Crippen molar-refractivity contribution in [3.05, 3.63) is 85.7 Å². The van der Waals surface area contributed by atoms with Crippen molar-refractivity contribution in [1.82, 2.24) is 20.2 Å². The minimum Gasteiger partial charge on any atom is -0.358 e. The monoisotopic (exact) mass is 394 g/mol. The predicted octanol–water partition coefficient (Wildman–Crippen LogP) is 5.44. The average Bonchev–Trinajstić information content (AvgIpc) is 3.54. The third kappa shape index (κ3) is 3.67. The fourth-order valence-corrected chi connectivity index (χ4v) is 3.48. The molecule has 1 fully saturated rings. The van der Waals surface area contributed by atoms with Gasteiger partial charge >= 0.3 is 0 Å². The molecule has 3 N–H and O–H groups in total. The van der Waals surface area contributed by atoms with Crippen LogP contribution in [0.5, 0.6) is 0 Å². The van der Waals surface area contributed by atoms with Gasteiger partial charge in [-0.15, -0.1) is 0 Å². The highest BCUT2D eigenvalue weighted by atomic mass is 15.1. The van der Waals surface area contributed by atoms with Gasteiger partial charge in [-0.2, -0.15) is 5.10 Å². The largest absolute Gasteiger partial charge is 0.358 e. The van der Waals surface area contributed by atoms with Crippen LogP contribution in [0.4, 0.5) is 11.4 Å². The fraction of sp³-hybridized carbons (Fsp3) is 0.125. The zero-order chi connectivity index (χ0) is 20.5. The topological polar surface area (TPSA) is 78.5 Å². The Hall–Kier alpha value is -3.93. The third-order valence-corrected chi connectivity index (χ3v) is 5.25. The number of nitrogens with zero attached hydrogens (tertiary/aromatic N) is 3. The summed E-state index contributed by atoms with van der Waals surface area (Å²) in [5.74, 6) is 0.594. The Morgan fingerprint density at radius 3 is 2.60 bits per heavy atom. The summed E-state index contributed by atoms with van der Waals surface area (Å²) in [6, 6.07) is 12.1. The van der Waals surface area contributed by atoms with Gasteiger partial charge in [-0.25, -0.2) is 0 Å². The molecule has 0 radical (unpaired) electrons. The Kier molecular flexibility index (Phi) is 4.52. The van der Waals surface area contributed by atoms with E-state index in [1.54, 1.807) is 12.4 Å². The van der Waals surface area contributed by atoms with Crippen molar-refractivity contribution in [3.8, 4) is 11.1 Å². The first-order valence-electron chi connectivity index (χ1n) is 9.93. The molecule has 5 rings (SSSR count). The molecule has 4 aromatic rings. The van der Waals surface area contributed by atoms with Gasteiger partial charge in [0.05, 0.1) is 35.0 Å². The van der Waals surface area contributed by atoms with Gasteiger partial charge < -0.3 is 10.6 Å². The molecular formula is C24H22N6. The second kappa shape index (κ2) is 7.48. The van der Waals surface area contributed by atoms with Crippen LogP contribution in [0.15, 0.2) is 80.0 Å². The van der Waals surface area contributed by atoms with E-state index in [1.165, 1.54) is 12.8 Å². The molecule has 0 amide bonds. The van der Waals surface area contributed by atoms with Gasteiger partial charge in [0.1, 0.15) is 5.69 Å². The maximum Gasteiger partial charge on any atom is 0.116 e. The van der Waals surface area contributed by atoms with Crippen LogP contribution in [0.2, 0.25) is 0 Å². The van der Waals surface area contributed by atoms with Gasteiger partial charge in [0.15, 0.2) is 0 Å². The summed E-state index contributed by atoms with van der Waals surface area (Å²) in [4.78, 5) is 8.54. The van der Waals surface area contributed by atoms with Gasteiger partial charge in [0.25, 0.3) is 0 Å². The van der Waals surface area contributed by atoms with Crippen molar-refractivity contribution in [2.24, 2.45) is 5.92 Å². The summed E-state index contributed by atoms with van der Waals surface area (Å²) < 4.78 is 0. The Balaban J connectivity index is 1.44. The van der Waals surface area contributed by atoms with E-state index in [4.69, 9.17) is 0 Å². The van der Waals surface area contributed by atoms with E-state index in [2.05, 4.69) is 62.2 Å². The van der Waals surface area contributed by atoms with Crippen LogP contribution in [0.1, 0.15) is 18.5 Å². The van der Waals surface area contributed by atoms with Gasteiger partial charge in [0, 0.05) is 29.0 Å². The number of pyridine rings is 2. The van der Waals surface area contributed by atoms with Crippen LogP contribution in [0.3, 0.4) is 0 Å². The first-order valence-corrected chi connectivity index (χ1v) is 9.93. The highest BCUT2D eigenvalue weighted by Crippen LogP contribution is 2.36. The van der Waals surface area contributed by atoms with Crippen molar-refractivity contribution in [1.29, 1.82) is 0 Å². The number of hydrogen-bond acceptors (Lipinski definition) is 5. The molecule has 0 atom stereocenters. The number of fused-ring (bicyclic) bond motifs is 1. The molecule has 1 aliphatic rings. The van der Waals surface area contributed by atoms with Gasteiger partial charge in [-0.3, -0.25) is 15.1 Å². The summed E-state index contributed by atoms with van der Waals surface area (Å²) in [7, 11) is 0. The van der Waals surface area contributed by atoms with Crippen molar-refractivity contribution in [2.45, 2.75) is 12.8 Å². The lowest BCUT2D eigenvalue weighted by Crippen LogP contribution is -2.00. The lowest BCUT2D eigenvalue weighted by molar-refractivity contribution is 1.02. The van der Waals surface area contributed by atoms with E-state index in [1.807, 2.05) is 30.6 Å². The van der Waals surface area contributed by atoms with E-state index >= 15 is 0 Å². The van der Waals surface area contributed by atoms with E-state index in [9.17, 15) is 0 Å². The lowest BCUT2D eigenvalue weighted by atomic mass is 10.0. The van der Waals surface area contributed by atoms with Crippen molar-refractivity contribution in [3.63, 3.8) is 0 Å². The zero-order valence-corrected chi connectivity index (χ0v) is 16.5. The maximum atomic E-state index is 4.46. The zero-order valence-electron chi connectivity index (χ0n) is 16.5. The Labute approximate surface area is 174 Å². The van der Waals surface area contributed by atoms with Crippen molar-refractivity contribution < 1.29 is 0 Å². The molecule has 3 aromatic heterocycles. The minimum atomic E-state index is 0.594.